The Labute approximate surface area is 147 Å². The van der Waals surface area contributed by atoms with E-state index in [1.54, 1.807) is 12.1 Å². The molecule has 1 atom stereocenters. The summed E-state index contributed by atoms with van der Waals surface area (Å²) in [5, 5.41) is 7.15. The highest BCUT2D eigenvalue weighted by Gasteiger charge is 2.28. The Balaban J connectivity index is 1.57. The average Bonchev–Trinajstić information content (AvgIpc) is 2.93. The van der Waals surface area contributed by atoms with Crippen LogP contribution in [0.2, 0.25) is 0 Å². The summed E-state index contributed by atoms with van der Waals surface area (Å²) in [4.78, 5) is 17.0. The molecule has 134 valence electrons. The zero-order valence-corrected chi connectivity index (χ0v) is 15.1. The molecule has 3 rings (SSSR count). The number of nitrogens with zero attached hydrogens (tertiary/aromatic N) is 3. The van der Waals surface area contributed by atoms with Crippen LogP contribution in [0, 0.1) is 19.7 Å². The minimum Gasteiger partial charge on any atom is -0.340 e. The van der Waals surface area contributed by atoms with Crippen LogP contribution in [-0.2, 0) is 11.3 Å². The molecule has 0 aliphatic carbocycles. The van der Waals surface area contributed by atoms with Gasteiger partial charge in [-0.3, -0.25) is 14.8 Å². The highest BCUT2D eigenvalue weighted by Crippen LogP contribution is 2.24. The molecule has 1 unspecified atom stereocenters. The Morgan fingerprint density at radius 1 is 1.28 bits per heavy atom. The zero-order valence-electron chi connectivity index (χ0n) is 15.1. The summed E-state index contributed by atoms with van der Waals surface area (Å²) in [5.41, 5.74) is 3.83. The summed E-state index contributed by atoms with van der Waals surface area (Å²) < 4.78 is 13.3. The second-order valence-corrected chi connectivity index (χ2v) is 6.80. The number of carbonyl (C=O) groups excluding carboxylic acids is 1. The van der Waals surface area contributed by atoms with Gasteiger partial charge in [0.15, 0.2) is 0 Å². The van der Waals surface area contributed by atoms with Gasteiger partial charge >= 0.3 is 0 Å². The maximum absolute atomic E-state index is 13.3. The molecule has 0 spiro atoms. The lowest BCUT2D eigenvalue weighted by Gasteiger charge is -2.36. The second kappa shape index (κ2) is 7.35. The number of hydrogen-bond acceptors (Lipinski definition) is 3. The predicted octanol–water partition coefficient (Wildman–Crippen LogP) is 2.61. The van der Waals surface area contributed by atoms with Gasteiger partial charge in [0.2, 0.25) is 5.91 Å². The van der Waals surface area contributed by atoms with Crippen molar-refractivity contribution in [2.75, 3.05) is 26.2 Å². The fourth-order valence-corrected chi connectivity index (χ4v) is 3.61. The summed E-state index contributed by atoms with van der Waals surface area (Å²) in [6, 6.07) is 6.71. The summed E-state index contributed by atoms with van der Waals surface area (Å²) in [6.07, 6.45) is 0. The van der Waals surface area contributed by atoms with Crippen molar-refractivity contribution >= 4 is 5.91 Å². The first-order valence-electron chi connectivity index (χ1n) is 8.72. The number of aromatic amines is 1. The maximum atomic E-state index is 13.3. The van der Waals surface area contributed by atoms with E-state index in [0.717, 1.165) is 42.1 Å². The van der Waals surface area contributed by atoms with Crippen LogP contribution in [0.25, 0.3) is 0 Å². The molecule has 1 amide bonds. The molecule has 0 saturated carbocycles. The third kappa shape index (κ3) is 3.90. The molecule has 25 heavy (non-hydrogen) atoms. The van der Waals surface area contributed by atoms with Crippen molar-refractivity contribution in [3.8, 4) is 0 Å². The number of rotatable bonds is 4. The van der Waals surface area contributed by atoms with Crippen LogP contribution in [0.5, 0.6) is 0 Å². The van der Waals surface area contributed by atoms with E-state index in [1.165, 1.54) is 6.07 Å². The highest BCUT2D eigenvalue weighted by atomic mass is 19.1. The number of halogens is 1. The van der Waals surface area contributed by atoms with Crippen LogP contribution in [-0.4, -0.2) is 52.1 Å². The van der Waals surface area contributed by atoms with E-state index < -0.39 is 0 Å². The second-order valence-electron chi connectivity index (χ2n) is 6.80. The lowest BCUT2D eigenvalue weighted by atomic mass is 9.97. The minimum atomic E-state index is -0.203. The average molecular weight is 344 g/mol. The number of benzene rings is 1. The number of H-pyrrole nitrogens is 1. The van der Waals surface area contributed by atoms with Gasteiger partial charge in [0, 0.05) is 44.0 Å². The maximum Gasteiger partial charge on any atom is 0.230 e. The molecule has 2 heterocycles. The van der Waals surface area contributed by atoms with Crippen molar-refractivity contribution in [2.24, 2.45) is 0 Å². The summed E-state index contributed by atoms with van der Waals surface area (Å²) in [5.74, 6) is -0.238. The predicted molar refractivity (Wildman–Crippen MR) is 94.7 cm³/mol. The summed E-state index contributed by atoms with van der Waals surface area (Å²) in [6.45, 7) is 9.57. The number of carbonyl (C=O) groups is 1. The van der Waals surface area contributed by atoms with Gasteiger partial charge in [0.25, 0.3) is 0 Å². The molecule has 1 aromatic carbocycles. The molecule has 1 aliphatic heterocycles. The van der Waals surface area contributed by atoms with Gasteiger partial charge in [-0.05, 0) is 38.5 Å². The van der Waals surface area contributed by atoms with E-state index in [0.29, 0.717) is 13.1 Å². The van der Waals surface area contributed by atoms with Gasteiger partial charge in [0.05, 0.1) is 11.6 Å². The zero-order chi connectivity index (χ0) is 18.0. The van der Waals surface area contributed by atoms with Gasteiger partial charge in [-0.25, -0.2) is 4.39 Å². The van der Waals surface area contributed by atoms with Crippen LogP contribution in [0.3, 0.4) is 0 Å². The molecule has 1 aromatic heterocycles. The monoisotopic (exact) mass is 344 g/mol. The van der Waals surface area contributed by atoms with Gasteiger partial charge in [-0.1, -0.05) is 12.1 Å². The van der Waals surface area contributed by atoms with Gasteiger partial charge in [0.1, 0.15) is 5.82 Å². The third-order valence-electron chi connectivity index (χ3n) is 4.97. The molecular formula is C19H25FN4O. The smallest absolute Gasteiger partial charge is 0.230 e. The van der Waals surface area contributed by atoms with E-state index in [1.807, 2.05) is 31.7 Å². The molecular weight excluding hydrogens is 319 g/mol. The van der Waals surface area contributed by atoms with Crippen molar-refractivity contribution in [3.63, 3.8) is 0 Å². The molecule has 1 aliphatic rings. The topological polar surface area (TPSA) is 52.2 Å². The van der Waals surface area contributed by atoms with Crippen molar-refractivity contribution in [1.29, 1.82) is 0 Å². The standard InChI is InChI=1S/C19H25FN4O/c1-13(18-14(2)21-22-15(18)3)19(25)24-9-7-23(8-10-24)12-16-5-4-6-17(20)11-16/h4-6,11,13H,7-10,12H2,1-3H3,(H,21,22). The number of hydrogen-bond donors (Lipinski definition) is 1. The Morgan fingerprint density at radius 3 is 2.60 bits per heavy atom. The normalized spacial score (nSPS) is 16.9. The molecule has 2 aromatic rings. The van der Waals surface area contributed by atoms with Crippen molar-refractivity contribution in [1.82, 2.24) is 20.0 Å². The molecule has 0 bridgehead atoms. The van der Waals surface area contributed by atoms with E-state index in [-0.39, 0.29) is 17.6 Å². The quantitative estimate of drug-likeness (QED) is 0.928. The van der Waals surface area contributed by atoms with Gasteiger partial charge < -0.3 is 4.90 Å². The number of aromatic nitrogens is 2. The van der Waals surface area contributed by atoms with Crippen molar-refractivity contribution in [2.45, 2.75) is 33.2 Å². The van der Waals surface area contributed by atoms with E-state index in [9.17, 15) is 9.18 Å². The van der Waals surface area contributed by atoms with Crippen LogP contribution >= 0.6 is 0 Å². The Hall–Kier alpha value is -2.21. The van der Waals surface area contributed by atoms with E-state index >= 15 is 0 Å². The molecule has 6 heteroatoms. The first-order chi connectivity index (χ1) is 12.0. The fourth-order valence-electron chi connectivity index (χ4n) is 3.61. The van der Waals surface area contributed by atoms with Crippen molar-refractivity contribution < 1.29 is 9.18 Å². The van der Waals surface area contributed by atoms with Crippen LogP contribution in [0.4, 0.5) is 4.39 Å². The first kappa shape index (κ1) is 17.6. The highest BCUT2D eigenvalue weighted by molar-refractivity contribution is 5.84. The lowest BCUT2D eigenvalue weighted by Crippen LogP contribution is -2.49. The molecule has 0 radical (unpaired) electrons. The summed E-state index contributed by atoms with van der Waals surface area (Å²) >= 11 is 0. The van der Waals surface area contributed by atoms with E-state index in [4.69, 9.17) is 0 Å². The SMILES string of the molecule is Cc1n[nH]c(C)c1C(C)C(=O)N1CCN(Cc2cccc(F)c2)CC1. The fraction of sp³-hybridized carbons (Fsp3) is 0.474. The number of amides is 1. The molecule has 1 fully saturated rings. The minimum absolute atomic E-state index is 0.151. The number of piperazine rings is 1. The largest absolute Gasteiger partial charge is 0.340 e. The van der Waals surface area contributed by atoms with Crippen LogP contribution < -0.4 is 0 Å². The third-order valence-corrected chi connectivity index (χ3v) is 4.97. The molecule has 1 N–H and O–H groups in total. The summed E-state index contributed by atoms with van der Waals surface area (Å²) in [7, 11) is 0. The lowest BCUT2D eigenvalue weighted by molar-refractivity contribution is -0.134. The Morgan fingerprint density at radius 2 is 2.00 bits per heavy atom. The number of aryl methyl sites for hydroxylation is 2. The first-order valence-corrected chi connectivity index (χ1v) is 8.72. The molecule has 1 saturated heterocycles. The van der Waals surface area contributed by atoms with Crippen molar-refractivity contribution in [3.05, 3.63) is 52.6 Å². The Bertz CT molecular complexity index is 730. The Kier molecular flexibility index (Phi) is 5.18. The van der Waals surface area contributed by atoms with Crippen LogP contribution in [0.15, 0.2) is 24.3 Å². The number of nitrogens with one attached hydrogen (secondary N) is 1. The van der Waals surface area contributed by atoms with E-state index in [2.05, 4.69) is 15.1 Å². The van der Waals surface area contributed by atoms with Gasteiger partial charge in [-0.15, -0.1) is 0 Å². The van der Waals surface area contributed by atoms with Gasteiger partial charge in [-0.2, -0.15) is 5.10 Å². The van der Waals surface area contributed by atoms with Crippen LogP contribution in [0.1, 0.15) is 35.4 Å². The molecule has 5 nitrogen and oxygen atoms in total.